The molecule has 1 rings (SSSR count). The summed E-state index contributed by atoms with van der Waals surface area (Å²) in [6, 6.07) is 5.18. The molecule has 0 heterocycles. The number of phenols is 1. The number of hydrogen-bond acceptors (Lipinski definition) is 3. The molecule has 66 valence electrons. The molecule has 0 fully saturated rings. The van der Waals surface area contributed by atoms with E-state index in [4.69, 9.17) is 11.5 Å². The molecule has 1 atom stereocenters. The fraction of sp³-hybridized carbons (Fsp3) is 0.250. The van der Waals surface area contributed by atoms with E-state index in [1.807, 2.05) is 12.1 Å². The Bertz CT molecular complexity index is 278. The molecule has 1 aromatic carbocycles. The molecule has 0 amide bonds. The molecular formula is C8H11IN2O. The Balaban J connectivity index is 3.07. The Labute approximate surface area is 84.9 Å². The van der Waals surface area contributed by atoms with Gasteiger partial charge in [0.05, 0.1) is 3.57 Å². The smallest absolute Gasteiger partial charge is 0.133 e. The van der Waals surface area contributed by atoms with Crippen LogP contribution >= 0.6 is 22.6 Å². The maximum Gasteiger partial charge on any atom is 0.133 e. The van der Waals surface area contributed by atoms with Gasteiger partial charge in [-0.3, -0.25) is 0 Å². The Morgan fingerprint density at radius 1 is 1.50 bits per heavy atom. The van der Waals surface area contributed by atoms with Gasteiger partial charge in [-0.05, 0) is 28.7 Å². The van der Waals surface area contributed by atoms with Gasteiger partial charge in [0, 0.05) is 18.2 Å². The van der Waals surface area contributed by atoms with Crippen molar-refractivity contribution in [2.24, 2.45) is 11.5 Å². The van der Waals surface area contributed by atoms with E-state index in [9.17, 15) is 5.11 Å². The van der Waals surface area contributed by atoms with Crippen LogP contribution < -0.4 is 11.5 Å². The molecule has 0 spiro atoms. The molecule has 0 bridgehead atoms. The average Bonchev–Trinajstić information content (AvgIpc) is 2.08. The van der Waals surface area contributed by atoms with Crippen LogP contribution in [-0.4, -0.2) is 11.7 Å². The lowest BCUT2D eigenvalue weighted by molar-refractivity contribution is 0.458. The van der Waals surface area contributed by atoms with Gasteiger partial charge in [-0.1, -0.05) is 12.1 Å². The third-order valence-electron chi connectivity index (χ3n) is 1.67. The molecule has 0 aromatic heterocycles. The van der Waals surface area contributed by atoms with E-state index >= 15 is 0 Å². The lowest BCUT2D eigenvalue weighted by Crippen LogP contribution is -2.20. The second-order valence-electron chi connectivity index (χ2n) is 2.52. The molecule has 0 saturated heterocycles. The summed E-state index contributed by atoms with van der Waals surface area (Å²) in [7, 11) is 0. The van der Waals surface area contributed by atoms with Crippen molar-refractivity contribution in [2.75, 3.05) is 6.54 Å². The first-order chi connectivity index (χ1) is 5.66. The second-order valence-corrected chi connectivity index (χ2v) is 3.68. The van der Waals surface area contributed by atoms with E-state index in [-0.39, 0.29) is 11.8 Å². The van der Waals surface area contributed by atoms with E-state index in [1.54, 1.807) is 6.07 Å². The van der Waals surface area contributed by atoms with Gasteiger partial charge in [0.2, 0.25) is 0 Å². The van der Waals surface area contributed by atoms with Gasteiger partial charge in [-0.2, -0.15) is 0 Å². The van der Waals surface area contributed by atoms with Gasteiger partial charge in [0.1, 0.15) is 5.75 Å². The summed E-state index contributed by atoms with van der Waals surface area (Å²) in [5, 5.41) is 9.56. The molecule has 0 unspecified atom stereocenters. The largest absolute Gasteiger partial charge is 0.506 e. The van der Waals surface area contributed by atoms with Crippen LogP contribution in [0.3, 0.4) is 0 Å². The highest BCUT2D eigenvalue weighted by atomic mass is 127. The van der Waals surface area contributed by atoms with Crippen LogP contribution in [0.4, 0.5) is 0 Å². The number of nitrogens with two attached hydrogens (primary N) is 2. The minimum Gasteiger partial charge on any atom is -0.506 e. The minimum atomic E-state index is -0.278. The summed E-state index contributed by atoms with van der Waals surface area (Å²) < 4.78 is 0.800. The summed E-state index contributed by atoms with van der Waals surface area (Å²) in [4.78, 5) is 0. The number of phenolic OH excluding ortho intramolecular Hbond substituents is 1. The molecule has 0 saturated carbocycles. The summed E-state index contributed by atoms with van der Waals surface area (Å²) in [5.74, 6) is 0.246. The van der Waals surface area contributed by atoms with Crippen LogP contribution in [0.1, 0.15) is 11.6 Å². The number of aromatic hydroxyl groups is 1. The fourth-order valence-corrected chi connectivity index (χ4v) is 1.48. The van der Waals surface area contributed by atoms with Gasteiger partial charge in [-0.15, -0.1) is 0 Å². The summed E-state index contributed by atoms with van der Waals surface area (Å²) in [5.41, 5.74) is 11.8. The van der Waals surface area contributed by atoms with Crippen LogP contribution in [0, 0.1) is 3.57 Å². The number of hydrogen-bond donors (Lipinski definition) is 3. The number of benzene rings is 1. The van der Waals surface area contributed by atoms with Gasteiger partial charge >= 0.3 is 0 Å². The SMILES string of the molecule is NC[C@H](N)c1cccc(I)c1O. The number of para-hydroxylation sites is 1. The maximum absolute atomic E-state index is 9.56. The third kappa shape index (κ3) is 1.88. The number of rotatable bonds is 2. The molecule has 0 radical (unpaired) electrons. The van der Waals surface area contributed by atoms with Gasteiger partial charge in [0.25, 0.3) is 0 Å². The Morgan fingerprint density at radius 2 is 2.17 bits per heavy atom. The lowest BCUT2D eigenvalue weighted by atomic mass is 10.1. The van der Waals surface area contributed by atoms with Crippen molar-refractivity contribution < 1.29 is 5.11 Å². The van der Waals surface area contributed by atoms with Crippen molar-refractivity contribution in [3.8, 4) is 5.75 Å². The topological polar surface area (TPSA) is 72.3 Å². The van der Waals surface area contributed by atoms with Crippen LogP contribution in [0.15, 0.2) is 18.2 Å². The normalized spacial score (nSPS) is 12.9. The van der Waals surface area contributed by atoms with Crippen molar-refractivity contribution in [1.82, 2.24) is 0 Å². The van der Waals surface area contributed by atoms with Crippen molar-refractivity contribution in [1.29, 1.82) is 0 Å². The van der Waals surface area contributed by atoms with Crippen molar-refractivity contribution in [3.05, 3.63) is 27.3 Å². The predicted octanol–water partition coefficient (Wildman–Crippen LogP) is 0.955. The van der Waals surface area contributed by atoms with E-state index in [1.165, 1.54) is 0 Å². The Hall–Kier alpha value is -0.330. The van der Waals surface area contributed by atoms with E-state index < -0.39 is 0 Å². The summed E-state index contributed by atoms with van der Waals surface area (Å²) >= 11 is 2.05. The zero-order valence-corrected chi connectivity index (χ0v) is 8.65. The van der Waals surface area contributed by atoms with Crippen LogP contribution in [0.25, 0.3) is 0 Å². The van der Waals surface area contributed by atoms with Crippen LogP contribution in [0.5, 0.6) is 5.75 Å². The van der Waals surface area contributed by atoms with E-state index in [2.05, 4.69) is 22.6 Å². The van der Waals surface area contributed by atoms with E-state index in [0.29, 0.717) is 12.1 Å². The van der Waals surface area contributed by atoms with Gasteiger partial charge in [0.15, 0.2) is 0 Å². The predicted molar refractivity (Wildman–Crippen MR) is 56.8 cm³/mol. The van der Waals surface area contributed by atoms with Gasteiger partial charge in [-0.25, -0.2) is 0 Å². The van der Waals surface area contributed by atoms with Crippen LogP contribution in [0.2, 0.25) is 0 Å². The second kappa shape index (κ2) is 4.06. The molecule has 1 aromatic rings. The Kier molecular flexibility index (Phi) is 3.30. The van der Waals surface area contributed by atoms with Crippen LogP contribution in [-0.2, 0) is 0 Å². The number of halogens is 1. The highest BCUT2D eigenvalue weighted by Gasteiger charge is 2.10. The first-order valence-corrected chi connectivity index (χ1v) is 4.67. The molecule has 5 N–H and O–H groups in total. The minimum absolute atomic E-state index is 0.246. The molecular weight excluding hydrogens is 267 g/mol. The first-order valence-electron chi connectivity index (χ1n) is 3.60. The first kappa shape index (κ1) is 9.76. The molecule has 0 aliphatic carbocycles. The highest BCUT2D eigenvalue weighted by molar-refractivity contribution is 14.1. The third-order valence-corrected chi connectivity index (χ3v) is 2.54. The standard InChI is InChI=1S/C8H11IN2O/c9-6-3-1-2-5(8(6)12)7(11)4-10/h1-3,7,12H,4,10-11H2/t7-/m0/s1. The molecule has 0 aliphatic heterocycles. The average molecular weight is 278 g/mol. The monoisotopic (exact) mass is 278 g/mol. The van der Waals surface area contributed by atoms with Gasteiger partial charge < -0.3 is 16.6 Å². The van der Waals surface area contributed by atoms with Crippen molar-refractivity contribution >= 4 is 22.6 Å². The fourth-order valence-electron chi connectivity index (χ4n) is 0.958. The highest BCUT2D eigenvalue weighted by Crippen LogP contribution is 2.27. The quantitative estimate of drug-likeness (QED) is 0.705. The molecule has 12 heavy (non-hydrogen) atoms. The zero-order valence-electron chi connectivity index (χ0n) is 6.50. The van der Waals surface area contributed by atoms with Crippen molar-refractivity contribution in [3.63, 3.8) is 0 Å². The van der Waals surface area contributed by atoms with E-state index in [0.717, 1.165) is 3.57 Å². The maximum atomic E-state index is 9.56. The zero-order chi connectivity index (χ0) is 9.14. The molecule has 4 heteroatoms. The molecule has 0 aliphatic rings. The summed E-state index contributed by atoms with van der Waals surface area (Å²) in [6.07, 6.45) is 0. The Morgan fingerprint density at radius 3 is 2.75 bits per heavy atom. The molecule has 3 nitrogen and oxygen atoms in total. The van der Waals surface area contributed by atoms with Crippen molar-refractivity contribution in [2.45, 2.75) is 6.04 Å². The summed E-state index contributed by atoms with van der Waals surface area (Å²) in [6.45, 7) is 0.341. The lowest BCUT2D eigenvalue weighted by Gasteiger charge is -2.11.